The number of carbonyl (C=O) groups is 1. The zero-order valence-corrected chi connectivity index (χ0v) is 12.7. The third kappa shape index (κ3) is 3.17. The lowest BCUT2D eigenvalue weighted by molar-refractivity contribution is 0.103. The van der Waals surface area contributed by atoms with Crippen molar-refractivity contribution < 1.29 is 9.18 Å². The van der Waals surface area contributed by atoms with Crippen molar-refractivity contribution in [1.82, 2.24) is 0 Å². The van der Waals surface area contributed by atoms with E-state index in [2.05, 4.69) is 21.2 Å². The first-order valence-corrected chi connectivity index (χ1v) is 7.21. The number of amides is 1. The molecule has 19 heavy (non-hydrogen) atoms. The molecule has 7 heteroatoms. The molecule has 0 saturated carbocycles. The fraction of sp³-hybridized carbons (Fsp3) is 0. The zero-order chi connectivity index (χ0) is 14.0. The van der Waals surface area contributed by atoms with Gasteiger partial charge >= 0.3 is 0 Å². The average Bonchev–Trinajstić information content (AvgIpc) is 2.77. The summed E-state index contributed by atoms with van der Waals surface area (Å²) < 4.78 is 13.9. The Bertz CT molecular complexity index is 657. The van der Waals surface area contributed by atoms with Crippen LogP contribution in [0.1, 0.15) is 15.2 Å². The standard InChI is InChI=1S/C12H8BrFN2OS2/c13-8-3-4-19-10(8)12(17)16-9-2-1-6(14)5-7(9)11(15)18/h1-5H,(H2,15,18)(H,16,17). The van der Waals surface area contributed by atoms with Crippen LogP contribution in [0.5, 0.6) is 0 Å². The molecule has 0 bridgehead atoms. The second-order valence-electron chi connectivity index (χ2n) is 3.61. The lowest BCUT2D eigenvalue weighted by Gasteiger charge is -2.09. The molecule has 1 heterocycles. The molecule has 0 atom stereocenters. The molecule has 0 unspecified atom stereocenters. The number of halogens is 2. The van der Waals surface area contributed by atoms with E-state index >= 15 is 0 Å². The van der Waals surface area contributed by atoms with Crippen LogP contribution < -0.4 is 11.1 Å². The van der Waals surface area contributed by atoms with Gasteiger partial charge < -0.3 is 11.1 Å². The van der Waals surface area contributed by atoms with Crippen molar-refractivity contribution in [3.05, 3.63) is 50.4 Å². The molecule has 0 fully saturated rings. The number of benzene rings is 1. The summed E-state index contributed by atoms with van der Waals surface area (Å²) in [6.45, 7) is 0. The van der Waals surface area contributed by atoms with Crippen LogP contribution >= 0.6 is 39.5 Å². The Morgan fingerprint density at radius 1 is 1.42 bits per heavy atom. The summed E-state index contributed by atoms with van der Waals surface area (Å²) in [6, 6.07) is 5.64. The van der Waals surface area contributed by atoms with Gasteiger partial charge in [-0.3, -0.25) is 4.79 Å². The van der Waals surface area contributed by atoms with Crippen LogP contribution in [-0.4, -0.2) is 10.9 Å². The van der Waals surface area contributed by atoms with Gasteiger partial charge in [0.1, 0.15) is 15.7 Å². The highest BCUT2D eigenvalue weighted by Gasteiger charge is 2.14. The molecule has 98 valence electrons. The SMILES string of the molecule is NC(=S)c1cc(F)ccc1NC(=O)c1sccc1Br. The second kappa shape index (κ2) is 5.77. The van der Waals surface area contributed by atoms with Crippen molar-refractivity contribution in [2.45, 2.75) is 0 Å². The number of thiocarbonyl (C=S) groups is 1. The minimum absolute atomic E-state index is 0.0278. The van der Waals surface area contributed by atoms with E-state index < -0.39 is 5.82 Å². The molecule has 0 spiro atoms. The first kappa shape index (κ1) is 14.1. The van der Waals surface area contributed by atoms with Gasteiger partial charge in [-0.15, -0.1) is 11.3 Å². The molecular weight excluding hydrogens is 351 g/mol. The number of nitrogens with two attached hydrogens (primary N) is 1. The van der Waals surface area contributed by atoms with Crippen molar-refractivity contribution in [2.75, 3.05) is 5.32 Å². The van der Waals surface area contributed by atoms with E-state index in [9.17, 15) is 9.18 Å². The second-order valence-corrected chi connectivity index (χ2v) is 5.82. The molecule has 3 nitrogen and oxygen atoms in total. The van der Waals surface area contributed by atoms with E-state index in [-0.39, 0.29) is 10.9 Å². The van der Waals surface area contributed by atoms with Crippen molar-refractivity contribution in [2.24, 2.45) is 5.73 Å². The first-order valence-electron chi connectivity index (χ1n) is 5.12. The van der Waals surface area contributed by atoms with Gasteiger partial charge in [-0.25, -0.2) is 4.39 Å². The molecule has 0 aliphatic rings. The normalized spacial score (nSPS) is 10.2. The van der Waals surface area contributed by atoms with Gasteiger partial charge in [-0.2, -0.15) is 0 Å². The first-order chi connectivity index (χ1) is 8.99. The minimum atomic E-state index is -0.460. The molecule has 3 N–H and O–H groups in total. The number of rotatable bonds is 3. The quantitative estimate of drug-likeness (QED) is 0.825. The Kier molecular flexibility index (Phi) is 4.28. The summed E-state index contributed by atoms with van der Waals surface area (Å²) >= 11 is 9.42. The van der Waals surface area contributed by atoms with Crippen molar-refractivity contribution in [3.63, 3.8) is 0 Å². The smallest absolute Gasteiger partial charge is 0.266 e. The van der Waals surface area contributed by atoms with E-state index in [1.807, 2.05) is 0 Å². The van der Waals surface area contributed by atoms with Crippen LogP contribution in [0.2, 0.25) is 0 Å². The van der Waals surface area contributed by atoms with Gasteiger partial charge in [-0.05, 0) is 45.6 Å². The van der Waals surface area contributed by atoms with Gasteiger partial charge in [0.15, 0.2) is 0 Å². The predicted octanol–water partition coefficient (Wildman–Crippen LogP) is 3.54. The van der Waals surface area contributed by atoms with Gasteiger partial charge in [0, 0.05) is 10.0 Å². The van der Waals surface area contributed by atoms with E-state index in [0.717, 1.165) is 0 Å². The minimum Gasteiger partial charge on any atom is -0.389 e. The maximum absolute atomic E-state index is 13.1. The van der Waals surface area contributed by atoms with Crippen LogP contribution in [0, 0.1) is 5.82 Å². The number of thiophene rings is 1. The Morgan fingerprint density at radius 3 is 2.74 bits per heavy atom. The average molecular weight is 359 g/mol. The molecule has 1 amide bonds. The molecule has 0 aliphatic heterocycles. The number of hydrogen-bond acceptors (Lipinski definition) is 3. The van der Waals surface area contributed by atoms with E-state index in [1.54, 1.807) is 11.4 Å². The van der Waals surface area contributed by atoms with E-state index in [1.165, 1.54) is 29.5 Å². The summed E-state index contributed by atoms with van der Waals surface area (Å²) in [4.78, 5) is 12.6. The Balaban J connectivity index is 2.32. The van der Waals surface area contributed by atoms with Crippen LogP contribution in [-0.2, 0) is 0 Å². The molecule has 0 radical (unpaired) electrons. The monoisotopic (exact) mass is 358 g/mol. The van der Waals surface area contributed by atoms with Gasteiger partial charge in [-0.1, -0.05) is 12.2 Å². The van der Waals surface area contributed by atoms with Crippen LogP contribution in [0.15, 0.2) is 34.1 Å². The van der Waals surface area contributed by atoms with Crippen molar-refractivity contribution in [1.29, 1.82) is 0 Å². The summed E-state index contributed by atoms with van der Waals surface area (Å²) in [5.74, 6) is -0.760. The van der Waals surface area contributed by atoms with Crippen LogP contribution in [0.4, 0.5) is 10.1 Å². The number of hydrogen-bond donors (Lipinski definition) is 2. The van der Waals surface area contributed by atoms with Gasteiger partial charge in [0.25, 0.3) is 5.91 Å². The Hall–Kier alpha value is -1.31. The predicted molar refractivity (Wildman–Crippen MR) is 82.3 cm³/mol. The van der Waals surface area contributed by atoms with Gasteiger partial charge in [0.2, 0.25) is 0 Å². The third-order valence-electron chi connectivity index (χ3n) is 2.32. The highest BCUT2D eigenvalue weighted by atomic mass is 79.9. The van der Waals surface area contributed by atoms with Crippen molar-refractivity contribution >= 4 is 56.1 Å². The third-order valence-corrected chi connectivity index (χ3v) is 4.38. The van der Waals surface area contributed by atoms with E-state index in [4.69, 9.17) is 18.0 Å². The summed E-state index contributed by atoms with van der Waals surface area (Å²) in [5.41, 5.74) is 6.20. The number of carbonyl (C=O) groups excluding carboxylic acids is 1. The maximum atomic E-state index is 13.1. The topological polar surface area (TPSA) is 55.1 Å². The molecule has 1 aromatic carbocycles. The number of nitrogens with one attached hydrogen (secondary N) is 1. The summed E-state index contributed by atoms with van der Waals surface area (Å²) in [5, 5.41) is 4.46. The highest BCUT2D eigenvalue weighted by Crippen LogP contribution is 2.25. The fourth-order valence-corrected chi connectivity index (χ4v) is 3.08. The lowest BCUT2D eigenvalue weighted by Crippen LogP contribution is -2.17. The highest BCUT2D eigenvalue weighted by molar-refractivity contribution is 9.10. The van der Waals surface area contributed by atoms with Gasteiger partial charge in [0.05, 0.1) is 5.69 Å². The molecule has 2 rings (SSSR count). The molecule has 1 aromatic heterocycles. The molecule has 2 aromatic rings. The van der Waals surface area contributed by atoms with E-state index in [0.29, 0.717) is 20.6 Å². The van der Waals surface area contributed by atoms with Crippen LogP contribution in [0.3, 0.4) is 0 Å². The fourth-order valence-electron chi connectivity index (χ4n) is 1.46. The Morgan fingerprint density at radius 2 is 2.16 bits per heavy atom. The zero-order valence-electron chi connectivity index (χ0n) is 9.44. The molecular formula is C12H8BrFN2OS2. The van der Waals surface area contributed by atoms with Crippen LogP contribution in [0.25, 0.3) is 0 Å². The summed E-state index contributed by atoms with van der Waals surface area (Å²) in [6.07, 6.45) is 0. The lowest BCUT2D eigenvalue weighted by atomic mass is 10.1. The maximum Gasteiger partial charge on any atom is 0.266 e. The molecule has 0 aliphatic carbocycles. The number of anilines is 1. The van der Waals surface area contributed by atoms with Crippen molar-refractivity contribution in [3.8, 4) is 0 Å². The summed E-state index contributed by atoms with van der Waals surface area (Å²) in [7, 11) is 0. The largest absolute Gasteiger partial charge is 0.389 e. The molecule has 0 saturated heterocycles. The Labute approximate surface area is 126 Å².